The van der Waals surface area contributed by atoms with Crippen LogP contribution in [-0.4, -0.2) is 25.9 Å². The molecule has 23 heavy (non-hydrogen) atoms. The lowest BCUT2D eigenvalue weighted by Crippen LogP contribution is -2.27. The summed E-state index contributed by atoms with van der Waals surface area (Å²) < 4.78 is 1.87. The molecule has 1 aromatic heterocycles. The maximum atomic E-state index is 12.3. The van der Waals surface area contributed by atoms with Crippen molar-refractivity contribution in [3.8, 4) is 11.5 Å². The van der Waals surface area contributed by atoms with Gasteiger partial charge in [0.25, 0.3) is 5.91 Å². The molecule has 1 amide bonds. The first-order chi connectivity index (χ1) is 10.6. The molecule has 1 heterocycles. The van der Waals surface area contributed by atoms with Crippen LogP contribution in [0.4, 0.5) is 0 Å². The lowest BCUT2D eigenvalue weighted by molar-refractivity contribution is 0.0936. The molecule has 0 radical (unpaired) electrons. The van der Waals surface area contributed by atoms with E-state index in [1.165, 1.54) is 18.2 Å². The van der Waals surface area contributed by atoms with E-state index >= 15 is 0 Å². The fraction of sp³-hybridized carbons (Fsp3) is 0.412. The Labute approximate surface area is 135 Å². The van der Waals surface area contributed by atoms with Crippen molar-refractivity contribution >= 4 is 5.91 Å². The van der Waals surface area contributed by atoms with E-state index in [-0.39, 0.29) is 22.9 Å². The van der Waals surface area contributed by atoms with Crippen LogP contribution in [0.2, 0.25) is 0 Å². The summed E-state index contributed by atoms with van der Waals surface area (Å²) >= 11 is 0. The number of para-hydroxylation sites is 1. The predicted octanol–water partition coefficient (Wildman–Crippen LogP) is 2.85. The maximum Gasteiger partial charge on any atom is 0.255 e. The minimum absolute atomic E-state index is 0.0396. The zero-order valence-electron chi connectivity index (χ0n) is 14.1. The molecule has 0 aliphatic rings. The Hall–Kier alpha value is -2.50. The van der Waals surface area contributed by atoms with Crippen molar-refractivity contribution in [3.05, 3.63) is 41.2 Å². The van der Waals surface area contributed by atoms with Crippen LogP contribution in [0.1, 0.15) is 55.4 Å². The molecule has 6 heteroatoms. The fourth-order valence-electron chi connectivity index (χ4n) is 2.31. The van der Waals surface area contributed by atoms with E-state index in [4.69, 9.17) is 0 Å². The van der Waals surface area contributed by atoms with Gasteiger partial charge >= 0.3 is 0 Å². The van der Waals surface area contributed by atoms with Crippen LogP contribution >= 0.6 is 0 Å². The molecule has 0 fully saturated rings. The van der Waals surface area contributed by atoms with E-state index in [1.54, 1.807) is 0 Å². The number of benzene rings is 1. The van der Waals surface area contributed by atoms with Crippen molar-refractivity contribution < 1.29 is 15.0 Å². The number of hydrogen-bond acceptors (Lipinski definition) is 4. The molecule has 0 aliphatic heterocycles. The summed E-state index contributed by atoms with van der Waals surface area (Å²) in [5, 5.41) is 26.6. The van der Waals surface area contributed by atoms with E-state index in [1.807, 2.05) is 24.7 Å². The number of phenols is 2. The summed E-state index contributed by atoms with van der Waals surface area (Å²) in [7, 11) is 0. The highest BCUT2D eigenvalue weighted by molar-refractivity contribution is 5.97. The quantitative estimate of drug-likeness (QED) is 0.760. The number of nitrogens with zero attached hydrogens (tertiary/aromatic N) is 2. The summed E-state index contributed by atoms with van der Waals surface area (Å²) in [5.41, 5.74) is 1.65. The molecule has 0 bridgehead atoms. The smallest absolute Gasteiger partial charge is 0.255 e. The van der Waals surface area contributed by atoms with Gasteiger partial charge in [0, 0.05) is 11.8 Å². The van der Waals surface area contributed by atoms with Crippen LogP contribution in [0.15, 0.2) is 24.4 Å². The van der Waals surface area contributed by atoms with Crippen molar-refractivity contribution in [3.63, 3.8) is 0 Å². The van der Waals surface area contributed by atoms with Gasteiger partial charge in [0.15, 0.2) is 11.5 Å². The van der Waals surface area contributed by atoms with Crippen molar-refractivity contribution in [2.45, 2.75) is 46.2 Å². The second kappa shape index (κ2) is 5.95. The lowest BCUT2D eigenvalue weighted by Gasteiger charge is -2.19. The predicted molar refractivity (Wildman–Crippen MR) is 87.6 cm³/mol. The van der Waals surface area contributed by atoms with Gasteiger partial charge in [0.2, 0.25) is 0 Å². The van der Waals surface area contributed by atoms with Crippen LogP contribution in [0.5, 0.6) is 11.5 Å². The Morgan fingerprint density at radius 1 is 1.30 bits per heavy atom. The molecule has 0 saturated carbocycles. The van der Waals surface area contributed by atoms with Gasteiger partial charge in [-0.3, -0.25) is 9.48 Å². The number of amides is 1. The van der Waals surface area contributed by atoms with Gasteiger partial charge in [-0.25, -0.2) is 0 Å². The molecule has 1 aromatic carbocycles. The summed E-state index contributed by atoms with van der Waals surface area (Å²) in [6.07, 6.45) is 1.92. The van der Waals surface area contributed by atoms with Crippen LogP contribution in [-0.2, 0) is 5.54 Å². The van der Waals surface area contributed by atoms with Crippen molar-refractivity contribution in [2.75, 3.05) is 0 Å². The standard InChI is InChI=1S/C17H23N3O3/c1-10(13-9-20(17(3,4)5)19-11(13)2)18-16(23)12-7-6-8-14(21)15(12)22/h6-10,21-22H,1-5H3,(H,18,23). The highest BCUT2D eigenvalue weighted by atomic mass is 16.3. The van der Waals surface area contributed by atoms with Crippen LogP contribution in [0.25, 0.3) is 0 Å². The number of carbonyl (C=O) groups is 1. The number of phenolic OH excluding ortho intramolecular Hbond substituents is 2. The highest BCUT2D eigenvalue weighted by Gasteiger charge is 2.22. The molecule has 0 aliphatic carbocycles. The van der Waals surface area contributed by atoms with Crippen molar-refractivity contribution in [1.29, 1.82) is 0 Å². The van der Waals surface area contributed by atoms with Crippen LogP contribution in [0, 0.1) is 6.92 Å². The van der Waals surface area contributed by atoms with Gasteiger partial charge < -0.3 is 15.5 Å². The van der Waals surface area contributed by atoms with E-state index in [9.17, 15) is 15.0 Å². The summed E-state index contributed by atoms with van der Waals surface area (Å²) in [6.45, 7) is 9.91. The Morgan fingerprint density at radius 2 is 1.96 bits per heavy atom. The Bertz CT molecular complexity index is 729. The van der Waals surface area contributed by atoms with Crippen molar-refractivity contribution in [2.24, 2.45) is 0 Å². The van der Waals surface area contributed by atoms with Crippen molar-refractivity contribution in [1.82, 2.24) is 15.1 Å². The summed E-state index contributed by atoms with van der Waals surface area (Å²) in [5.74, 6) is -1.19. The third-order valence-electron chi connectivity index (χ3n) is 3.70. The minimum atomic E-state index is -0.450. The number of aromatic hydroxyl groups is 2. The normalized spacial score (nSPS) is 12.9. The first-order valence-electron chi connectivity index (χ1n) is 7.49. The van der Waals surface area contributed by atoms with Crippen LogP contribution < -0.4 is 5.32 Å². The Morgan fingerprint density at radius 3 is 2.52 bits per heavy atom. The van der Waals surface area contributed by atoms with E-state index < -0.39 is 11.7 Å². The molecule has 0 spiro atoms. The van der Waals surface area contributed by atoms with Gasteiger partial charge in [-0.1, -0.05) is 6.07 Å². The largest absolute Gasteiger partial charge is 0.504 e. The third-order valence-corrected chi connectivity index (χ3v) is 3.70. The van der Waals surface area contributed by atoms with E-state index in [2.05, 4.69) is 31.2 Å². The first kappa shape index (κ1) is 16.9. The zero-order chi connectivity index (χ0) is 17.4. The zero-order valence-corrected chi connectivity index (χ0v) is 14.1. The molecule has 1 unspecified atom stereocenters. The topological polar surface area (TPSA) is 87.4 Å². The summed E-state index contributed by atoms with van der Waals surface area (Å²) in [6, 6.07) is 4.02. The second-order valence-electron chi connectivity index (χ2n) is 6.65. The summed E-state index contributed by atoms with van der Waals surface area (Å²) in [4.78, 5) is 12.3. The fourth-order valence-corrected chi connectivity index (χ4v) is 2.31. The van der Waals surface area contributed by atoms with Gasteiger partial charge in [-0.2, -0.15) is 5.10 Å². The molecule has 2 aromatic rings. The second-order valence-corrected chi connectivity index (χ2v) is 6.65. The van der Waals surface area contributed by atoms with Gasteiger partial charge in [0.1, 0.15) is 0 Å². The Kier molecular flexibility index (Phi) is 4.36. The number of nitrogens with one attached hydrogen (secondary N) is 1. The average molecular weight is 317 g/mol. The third kappa shape index (κ3) is 3.47. The minimum Gasteiger partial charge on any atom is -0.504 e. The molecule has 124 valence electrons. The lowest BCUT2D eigenvalue weighted by atomic mass is 10.1. The van der Waals surface area contributed by atoms with Gasteiger partial charge in [-0.05, 0) is 46.8 Å². The van der Waals surface area contributed by atoms with Gasteiger partial charge in [0.05, 0.1) is 22.8 Å². The molecular weight excluding hydrogens is 294 g/mol. The van der Waals surface area contributed by atoms with Gasteiger partial charge in [-0.15, -0.1) is 0 Å². The van der Waals surface area contributed by atoms with E-state index in [0.717, 1.165) is 11.3 Å². The SMILES string of the molecule is Cc1nn(C(C)(C)C)cc1C(C)NC(=O)c1cccc(O)c1O. The molecule has 3 N–H and O–H groups in total. The number of carbonyl (C=O) groups excluding carboxylic acids is 1. The number of aromatic nitrogens is 2. The van der Waals surface area contributed by atoms with E-state index in [0.29, 0.717) is 0 Å². The highest BCUT2D eigenvalue weighted by Crippen LogP contribution is 2.29. The maximum absolute atomic E-state index is 12.3. The average Bonchev–Trinajstić information content (AvgIpc) is 2.84. The number of rotatable bonds is 3. The Balaban J connectivity index is 2.22. The molecular formula is C17H23N3O3. The molecule has 1 atom stereocenters. The number of hydrogen-bond donors (Lipinski definition) is 3. The molecule has 2 rings (SSSR count). The number of aryl methyl sites for hydroxylation is 1. The molecule has 6 nitrogen and oxygen atoms in total. The molecule has 0 saturated heterocycles. The van der Waals surface area contributed by atoms with Crippen LogP contribution in [0.3, 0.4) is 0 Å². The monoisotopic (exact) mass is 317 g/mol. The first-order valence-corrected chi connectivity index (χ1v) is 7.49.